The highest BCUT2D eigenvalue weighted by molar-refractivity contribution is 5.87. The van der Waals surface area contributed by atoms with Gasteiger partial charge in [0.1, 0.15) is 6.61 Å². The van der Waals surface area contributed by atoms with Gasteiger partial charge in [0.25, 0.3) is 0 Å². The highest BCUT2D eigenvalue weighted by atomic mass is 16.5. The summed E-state index contributed by atoms with van der Waals surface area (Å²) in [4.78, 5) is 10.7. The lowest BCUT2D eigenvalue weighted by molar-refractivity contribution is -0.137. The zero-order valence-electron chi connectivity index (χ0n) is 6.39. The number of esters is 1. The lowest BCUT2D eigenvalue weighted by Gasteiger charge is -1.96. The number of ether oxygens (including phenoxy) is 1. The predicted octanol–water partition coefficient (Wildman–Crippen LogP) is 0.101. The van der Waals surface area contributed by atoms with E-state index in [2.05, 4.69) is 23.2 Å². The van der Waals surface area contributed by atoms with E-state index in [0.29, 0.717) is 5.57 Å². The molecule has 11 heavy (non-hydrogen) atoms. The molecule has 0 heterocycles. The Labute approximate surface area is 65.7 Å². The average Bonchev–Trinajstić information content (AvgIpc) is 1.97. The number of hydrogen-bond acceptors (Lipinski definition) is 3. The van der Waals surface area contributed by atoms with Crippen LogP contribution in [0.3, 0.4) is 0 Å². The molecule has 0 fully saturated rings. The molecule has 0 aromatic rings. The zero-order valence-corrected chi connectivity index (χ0v) is 6.39. The molecule has 0 atom stereocenters. The van der Waals surface area contributed by atoms with E-state index in [4.69, 9.17) is 5.11 Å². The Bertz CT molecular complexity index is 207. The molecule has 60 valence electrons. The summed E-state index contributed by atoms with van der Waals surface area (Å²) in [6.07, 6.45) is 0. The summed E-state index contributed by atoms with van der Waals surface area (Å²) in [5, 5.41) is 8.21. The van der Waals surface area contributed by atoms with Gasteiger partial charge in [-0.3, -0.25) is 0 Å². The molecule has 0 aromatic carbocycles. The Balaban J connectivity index is 3.55. The maximum absolute atomic E-state index is 10.7. The van der Waals surface area contributed by atoms with E-state index in [1.54, 1.807) is 6.92 Å². The second-order valence-corrected chi connectivity index (χ2v) is 1.87. The van der Waals surface area contributed by atoms with Gasteiger partial charge in [0.15, 0.2) is 6.61 Å². The van der Waals surface area contributed by atoms with Gasteiger partial charge in [0, 0.05) is 5.57 Å². The molecule has 0 saturated carbocycles. The van der Waals surface area contributed by atoms with Gasteiger partial charge in [-0.05, 0) is 6.92 Å². The van der Waals surface area contributed by atoms with Crippen molar-refractivity contribution in [2.45, 2.75) is 6.92 Å². The molecule has 0 aromatic heterocycles. The van der Waals surface area contributed by atoms with Gasteiger partial charge in [-0.15, -0.1) is 0 Å². The SMILES string of the molecule is C=C(C)C(=O)OCC#CCO. The first kappa shape index (κ1) is 9.73. The quantitative estimate of drug-likeness (QED) is 0.348. The Kier molecular flexibility index (Phi) is 4.87. The summed E-state index contributed by atoms with van der Waals surface area (Å²) in [6.45, 7) is 4.73. The van der Waals surface area contributed by atoms with Gasteiger partial charge < -0.3 is 9.84 Å². The molecule has 0 spiro atoms. The zero-order chi connectivity index (χ0) is 8.69. The summed E-state index contributed by atoms with van der Waals surface area (Å²) in [5.74, 6) is 4.32. The van der Waals surface area contributed by atoms with E-state index >= 15 is 0 Å². The van der Waals surface area contributed by atoms with Crippen LogP contribution in [0.25, 0.3) is 0 Å². The van der Waals surface area contributed by atoms with Crippen molar-refractivity contribution in [2.24, 2.45) is 0 Å². The third-order valence-corrected chi connectivity index (χ3v) is 0.828. The standard InChI is InChI=1S/C8H10O3/c1-7(2)8(10)11-6-4-3-5-9/h9H,1,5-6H2,2H3. The number of carbonyl (C=O) groups excluding carboxylic acids is 1. The van der Waals surface area contributed by atoms with Crippen LogP contribution < -0.4 is 0 Å². The van der Waals surface area contributed by atoms with Crippen LogP contribution in [0.2, 0.25) is 0 Å². The van der Waals surface area contributed by atoms with E-state index in [1.807, 2.05) is 0 Å². The van der Waals surface area contributed by atoms with Crippen LogP contribution in [0.1, 0.15) is 6.92 Å². The van der Waals surface area contributed by atoms with Crippen LogP contribution in [0.15, 0.2) is 12.2 Å². The Morgan fingerprint density at radius 3 is 2.73 bits per heavy atom. The smallest absolute Gasteiger partial charge is 0.334 e. The van der Waals surface area contributed by atoms with Gasteiger partial charge in [0.05, 0.1) is 0 Å². The molecule has 0 rings (SSSR count). The number of carbonyl (C=O) groups is 1. The van der Waals surface area contributed by atoms with Crippen molar-refractivity contribution in [1.29, 1.82) is 0 Å². The van der Waals surface area contributed by atoms with E-state index < -0.39 is 5.97 Å². The highest BCUT2D eigenvalue weighted by Crippen LogP contribution is 1.89. The van der Waals surface area contributed by atoms with E-state index in [0.717, 1.165) is 0 Å². The fourth-order valence-corrected chi connectivity index (χ4v) is 0.332. The van der Waals surface area contributed by atoms with Gasteiger partial charge in [-0.25, -0.2) is 4.79 Å². The van der Waals surface area contributed by atoms with E-state index in [9.17, 15) is 4.79 Å². The topological polar surface area (TPSA) is 46.5 Å². The fraction of sp³-hybridized carbons (Fsp3) is 0.375. The van der Waals surface area contributed by atoms with Gasteiger partial charge in [0.2, 0.25) is 0 Å². The second-order valence-electron chi connectivity index (χ2n) is 1.87. The highest BCUT2D eigenvalue weighted by Gasteiger charge is 1.99. The van der Waals surface area contributed by atoms with Crippen LogP contribution in [0.4, 0.5) is 0 Å². The van der Waals surface area contributed by atoms with Crippen molar-refractivity contribution in [3.63, 3.8) is 0 Å². The third kappa shape index (κ3) is 5.19. The number of aliphatic hydroxyl groups excluding tert-OH is 1. The third-order valence-electron chi connectivity index (χ3n) is 0.828. The van der Waals surface area contributed by atoms with Crippen molar-refractivity contribution in [1.82, 2.24) is 0 Å². The van der Waals surface area contributed by atoms with Gasteiger partial charge in [-0.2, -0.15) is 0 Å². The summed E-state index contributed by atoms with van der Waals surface area (Å²) in [5.41, 5.74) is 0.343. The Morgan fingerprint density at radius 1 is 1.64 bits per heavy atom. The molecule has 0 saturated heterocycles. The molecule has 0 radical (unpaired) electrons. The minimum absolute atomic E-state index is 0.00620. The van der Waals surface area contributed by atoms with Crippen LogP contribution in [0, 0.1) is 11.8 Å². The molecule has 0 unspecified atom stereocenters. The molecule has 0 aliphatic heterocycles. The van der Waals surface area contributed by atoms with Gasteiger partial charge >= 0.3 is 5.97 Å². The molecule has 0 amide bonds. The second kappa shape index (κ2) is 5.51. The van der Waals surface area contributed by atoms with Crippen LogP contribution in [0.5, 0.6) is 0 Å². The maximum Gasteiger partial charge on any atom is 0.334 e. The van der Waals surface area contributed by atoms with Gasteiger partial charge in [-0.1, -0.05) is 18.4 Å². The van der Waals surface area contributed by atoms with Crippen molar-refractivity contribution in [3.8, 4) is 11.8 Å². The molecule has 0 aliphatic carbocycles. The van der Waals surface area contributed by atoms with Crippen LogP contribution in [-0.2, 0) is 9.53 Å². The Hall–Kier alpha value is -1.27. The maximum atomic E-state index is 10.7. The minimum atomic E-state index is -0.461. The molecule has 0 bridgehead atoms. The molecular weight excluding hydrogens is 144 g/mol. The molecule has 1 N–H and O–H groups in total. The molecular formula is C8H10O3. The lowest BCUT2D eigenvalue weighted by atomic mass is 10.4. The van der Waals surface area contributed by atoms with Crippen molar-refractivity contribution < 1.29 is 14.6 Å². The Morgan fingerprint density at radius 2 is 2.27 bits per heavy atom. The normalized spacial score (nSPS) is 7.82. The number of aliphatic hydroxyl groups is 1. The van der Waals surface area contributed by atoms with Crippen LogP contribution in [-0.4, -0.2) is 24.3 Å². The number of hydrogen-bond donors (Lipinski definition) is 1. The first-order valence-electron chi connectivity index (χ1n) is 3.07. The number of rotatable bonds is 2. The summed E-state index contributed by atoms with van der Waals surface area (Å²) in [6, 6.07) is 0. The monoisotopic (exact) mass is 154 g/mol. The first-order valence-corrected chi connectivity index (χ1v) is 3.07. The molecule has 3 nitrogen and oxygen atoms in total. The summed E-state index contributed by atoms with van der Waals surface area (Å²) < 4.78 is 4.58. The molecule has 0 aliphatic rings. The van der Waals surface area contributed by atoms with Crippen molar-refractivity contribution in [2.75, 3.05) is 13.2 Å². The van der Waals surface area contributed by atoms with E-state index in [1.165, 1.54) is 0 Å². The van der Waals surface area contributed by atoms with Crippen molar-refractivity contribution in [3.05, 3.63) is 12.2 Å². The minimum Gasteiger partial charge on any atom is -0.449 e. The van der Waals surface area contributed by atoms with Crippen LogP contribution >= 0.6 is 0 Å². The summed E-state index contributed by atoms with van der Waals surface area (Å²) >= 11 is 0. The lowest BCUT2D eigenvalue weighted by Crippen LogP contribution is -2.04. The predicted molar refractivity (Wildman–Crippen MR) is 40.6 cm³/mol. The average molecular weight is 154 g/mol. The molecule has 3 heteroatoms. The fourth-order valence-electron chi connectivity index (χ4n) is 0.332. The largest absolute Gasteiger partial charge is 0.449 e. The van der Waals surface area contributed by atoms with E-state index in [-0.39, 0.29) is 13.2 Å². The summed E-state index contributed by atoms with van der Waals surface area (Å²) in [7, 11) is 0. The van der Waals surface area contributed by atoms with Crippen molar-refractivity contribution >= 4 is 5.97 Å². The first-order chi connectivity index (χ1) is 5.18.